The number of carbonyl (C=O) groups is 1. The first-order valence-corrected chi connectivity index (χ1v) is 15.6. The van der Waals surface area contributed by atoms with E-state index in [-0.39, 0.29) is 12.1 Å². The maximum absolute atomic E-state index is 13.3. The zero-order valence-electron chi connectivity index (χ0n) is 25.5. The second kappa shape index (κ2) is 11.9. The van der Waals surface area contributed by atoms with Gasteiger partial charge in [-0.15, -0.1) is 0 Å². The molecule has 0 fully saturated rings. The van der Waals surface area contributed by atoms with Gasteiger partial charge in [0.05, 0.1) is 22.6 Å². The number of carbonyl (C=O) groups excluding carboxylic acids is 1. The molecule has 1 aliphatic rings. The molecule has 0 radical (unpaired) electrons. The molecule has 4 aromatic carbocycles. The average molecular weight is 593 g/mol. The fourth-order valence-electron chi connectivity index (χ4n) is 6.65. The Hall–Kier alpha value is -5.43. The summed E-state index contributed by atoms with van der Waals surface area (Å²) >= 11 is 0. The number of rotatable bonds is 8. The van der Waals surface area contributed by atoms with Gasteiger partial charge >= 0.3 is 6.03 Å². The molecule has 2 N–H and O–H groups in total. The second-order valence-electron chi connectivity index (χ2n) is 11.5. The molecular formula is C38H36N6O. The third kappa shape index (κ3) is 5.00. The molecule has 224 valence electrons. The summed E-state index contributed by atoms with van der Waals surface area (Å²) in [6, 6.07) is 43.1. The predicted molar refractivity (Wildman–Crippen MR) is 181 cm³/mol. The van der Waals surface area contributed by atoms with Gasteiger partial charge in [-0.3, -0.25) is 5.32 Å². The Bertz CT molecular complexity index is 1830. The lowest BCUT2D eigenvalue weighted by Gasteiger charge is -2.37. The van der Waals surface area contributed by atoms with Crippen LogP contribution in [0.4, 0.5) is 16.4 Å². The minimum Gasteiger partial charge on any atom is -0.354 e. The highest BCUT2D eigenvalue weighted by Gasteiger charge is 2.42. The molecule has 1 aliphatic heterocycles. The highest BCUT2D eigenvalue weighted by atomic mass is 16.2. The van der Waals surface area contributed by atoms with Crippen molar-refractivity contribution < 1.29 is 4.79 Å². The van der Waals surface area contributed by atoms with Crippen molar-refractivity contribution in [1.29, 1.82) is 0 Å². The van der Waals surface area contributed by atoms with Crippen LogP contribution in [0.25, 0.3) is 10.9 Å². The first-order valence-electron chi connectivity index (χ1n) is 15.6. The lowest BCUT2D eigenvalue weighted by atomic mass is 9.77. The Morgan fingerprint density at radius 3 is 1.89 bits per heavy atom. The van der Waals surface area contributed by atoms with Gasteiger partial charge in [0.15, 0.2) is 5.82 Å². The van der Waals surface area contributed by atoms with Gasteiger partial charge in [0, 0.05) is 25.6 Å². The molecule has 0 spiro atoms. The van der Waals surface area contributed by atoms with Crippen LogP contribution >= 0.6 is 0 Å². The van der Waals surface area contributed by atoms with E-state index >= 15 is 0 Å². The molecule has 6 aromatic rings. The minimum atomic E-state index is -0.802. The number of anilines is 2. The monoisotopic (exact) mass is 592 g/mol. The van der Waals surface area contributed by atoms with Crippen LogP contribution < -0.4 is 15.5 Å². The second-order valence-corrected chi connectivity index (χ2v) is 11.5. The van der Waals surface area contributed by atoms with E-state index in [0.29, 0.717) is 5.82 Å². The van der Waals surface area contributed by atoms with Crippen LogP contribution in [0.15, 0.2) is 127 Å². The van der Waals surface area contributed by atoms with Crippen molar-refractivity contribution >= 4 is 28.6 Å². The molecule has 0 aliphatic carbocycles. The summed E-state index contributed by atoms with van der Waals surface area (Å²) in [5, 5.41) is 12.6. The zero-order valence-corrected chi connectivity index (χ0v) is 25.5. The van der Waals surface area contributed by atoms with Crippen LogP contribution in [0.1, 0.15) is 47.8 Å². The molecule has 2 amide bonds. The zero-order chi connectivity index (χ0) is 30.8. The number of likely N-dealkylation sites (N-methyl/N-ethyl adjacent to an activating group) is 1. The Morgan fingerprint density at radius 2 is 1.36 bits per heavy atom. The third-order valence-corrected chi connectivity index (χ3v) is 8.80. The Balaban J connectivity index is 1.45. The lowest BCUT2D eigenvalue weighted by molar-refractivity contribution is 0.249. The van der Waals surface area contributed by atoms with Crippen LogP contribution in [-0.4, -0.2) is 33.9 Å². The normalized spacial score (nSPS) is 13.4. The van der Waals surface area contributed by atoms with Crippen LogP contribution in [0.2, 0.25) is 0 Å². The number of amides is 2. The van der Waals surface area contributed by atoms with Gasteiger partial charge in [-0.25, -0.2) is 14.5 Å². The van der Waals surface area contributed by atoms with Crippen LogP contribution in [0.5, 0.6) is 0 Å². The number of urea groups is 1. The van der Waals surface area contributed by atoms with Gasteiger partial charge in [-0.2, -0.15) is 5.10 Å². The number of benzene rings is 4. The van der Waals surface area contributed by atoms with E-state index in [1.807, 2.05) is 61.5 Å². The predicted octanol–water partition coefficient (Wildman–Crippen LogP) is 7.54. The molecule has 7 heteroatoms. The molecular weight excluding hydrogens is 556 g/mol. The van der Waals surface area contributed by atoms with Crippen molar-refractivity contribution in [2.24, 2.45) is 0 Å². The minimum absolute atomic E-state index is 0.162. The van der Waals surface area contributed by atoms with E-state index in [4.69, 9.17) is 10.1 Å². The number of aromatic nitrogens is 3. The summed E-state index contributed by atoms with van der Waals surface area (Å²) in [5.74, 6) is 1.41. The molecule has 1 unspecified atom stereocenters. The Morgan fingerprint density at radius 1 is 0.822 bits per heavy atom. The molecule has 2 aromatic heterocycles. The van der Waals surface area contributed by atoms with Crippen molar-refractivity contribution in [2.75, 3.05) is 23.3 Å². The molecule has 0 saturated carbocycles. The molecule has 0 bridgehead atoms. The lowest BCUT2D eigenvalue weighted by Crippen LogP contribution is -2.39. The van der Waals surface area contributed by atoms with Gasteiger partial charge in [0.2, 0.25) is 0 Å². The summed E-state index contributed by atoms with van der Waals surface area (Å²) in [7, 11) is 0. The van der Waals surface area contributed by atoms with Crippen molar-refractivity contribution in [2.45, 2.75) is 31.8 Å². The van der Waals surface area contributed by atoms with Crippen LogP contribution in [0.3, 0.4) is 0 Å². The molecule has 1 atom stereocenters. The van der Waals surface area contributed by atoms with E-state index < -0.39 is 5.54 Å². The number of pyridine rings is 1. The van der Waals surface area contributed by atoms with Crippen LogP contribution in [0, 0.1) is 0 Å². The van der Waals surface area contributed by atoms with E-state index in [9.17, 15) is 4.79 Å². The SMILES string of the molecule is CCN1CCc2nc(NC(=O)NC(C)c3ccccc3)cc3c2c1nn3C(c1ccccc1)(c1ccccc1)c1ccccc1. The maximum atomic E-state index is 13.3. The van der Waals surface area contributed by atoms with Crippen molar-refractivity contribution in [3.63, 3.8) is 0 Å². The number of nitrogens with one attached hydrogen (secondary N) is 2. The van der Waals surface area contributed by atoms with Crippen LogP contribution in [-0.2, 0) is 12.0 Å². The van der Waals surface area contributed by atoms with Crippen molar-refractivity contribution in [3.8, 4) is 0 Å². The summed E-state index contributed by atoms with van der Waals surface area (Å²) in [4.78, 5) is 20.6. The van der Waals surface area contributed by atoms with Crippen molar-refractivity contribution in [1.82, 2.24) is 20.1 Å². The summed E-state index contributed by atoms with van der Waals surface area (Å²) in [5.41, 5.74) is 5.34. The largest absolute Gasteiger partial charge is 0.354 e. The van der Waals surface area contributed by atoms with Gasteiger partial charge in [0.1, 0.15) is 11.4 Å². The number of nitrogens with zero attached hydrogens (tertiary/aromatic N) is 4. The number of hydrogen-bond donors (Lipinski definition) is 2. The first kappa shape index (κ1) is 28.3. The topological polar surface area (TPSA) is 75.1 Å². The van der Waals surface area contributed by atoms with Gasteiger partial charge in [-0.05, 0) is 36.1 Å². The van der Waals surface area contributed by atoms with Gasteiger partial charge < -0.3 is 10.2 Å². The average Bonchev–Trinajstić information content (AvgIpc) is 3.47. The highest BCUT2D eigenvalue weighted by Crippen LogP contribution is 2.45. The quantitative estimate of drug-likeness (QED) is 0.179. The summed E-state index contributed by atoms with van der Waals surface area (Å²) in [6.07, 6.45) is 0.760. The maximum Gasteiger partial charge on any atom is 0.320 e. The smallest absolute Gasteiger partial charge is 0.320 e. The van der Waals surface area contributed by atoms with Gasteiger partial charge in [-0.1, -0.05) is 121 Å². The standard InChI is InChI=1S/C38H36N6O/c1-3-43-25-24-32-35-33(26-34(40-32)41-37(45)39-27(2)28-16-8-4-9-17-28)44(42-36(35)43)38(29-18-10-5-11-19-29,30-20-12-6-13-21-30)31-22-14-7-15-23-31/h4-23,26-27H,3,24-25H2,1-2H3,(H2,39,40,41,45). The molecule has 45 heavy (non-hydrogen) atoms. The fourth-order valence-corrected chi connectivity index (χ4v) is 6.65. The molecule has 0 saturated heterocycles. The van der Waals surface area contributed by atoms with E-state index in [2.05, 4.69) is 99.9 Å². The summed E-state index contributed by atoms with van der Waals surface area (Å²) in [6.45, 7) is 5.78. The number of hydrogen-bond acceptors (Lipinski definition) is 4. The molecule has 7 rings (SSSR count). The Kier molecular flexibility index (Phi) is 7.51. The van der Waals surface area contributed by atoms with E-state index in [1.165, 1.54) is 0 Å². The Labute approximate surface area is 263 Å². The fraction of sp³-hybridized carbons (Fsp3) is 0.184. The molecule has 7 nitrogen and oxygen atoms in total. The highest BCUT2D eigenvalue weighted by molar-refractivity contribution is 5.98. The summed E-state index contributed by atoms with van der Waals surface area (Å²) < 4.78 is 2.16. The first-order chi connectivity index (χ1) is 22.1. The third-order valence-electron chi connectivity index (χ3n) is 8.80. The van der Waals surface area contributed by atoms with Crippen molar-refractivity contribution in [3.05, 3.63) is 155 Å². The van der Waals surface area contributed by atoms with Gasteiger partial charge in [0.25, 0.3) is 0 Å². The van der Waals surface area contributed by atoms with E-state index in [0.717, 1.165) is 64.2 Å². The van der Waals surface area contributed by atoms with E-state index in [1.54, 1.807) is 0 Å². The molecule has 3 heterocycles.